The molecule has 0 aromatic heterocycles. The topological polar surface area (TPSA) is 49.3 Å². The van der Waals surface area contributed by atoms with Crippen molar-refractivity contribution >= 4 is 35.2 Å². The average molecular weight is 288 g/mol. The first-order chi connectivity index (χ1) is 8.54. The summed E-state index contributed by atoms with van der Waals surface area (Å²) in [6.07, 6.45) is 2.95. The molecule has 1 aromatic carbocycles. The maximum Gasteiger partial charge on any atom is 0.244 e. The second kappa shape index (κ2) is 7.41. The molecule has 0 saturated heterocycles. The lowest BCUT2D eigenvalue weighted by atomic mass is 10.2. The normalized spacial score (nSPS) is 12.7. The number of benzene rings is 1. The fourth-order valence-corrected chi connectivity index (χ4v) is 1.75. The van der Waals surface area contributed by atoms with Crippen LogP contribution in [-0.2, 0) is 4.79 Å². The number of carbonyl (C=O) groups excluding carboxylic acids is 1. The summed E-state index contributed by atoms with van der Waals surface area (Å²) < 4.78 is 0. The molecule has 98 valence electrons. The highest BCUT2D eigenvalue weighted by Gasteiger charge is 2.04. The molecule has 1 rings (SSSR count). The minimum Gasteiger partial charge on any atom is -0.396 e. The summed E-state index contributed by atoms with van der Waals surface area (Å²) in [5.41, 5.74) is 0.617. The highest BCUT2D eigenvalue weighted by molar-refractivity contribution is 6.37. The van der Waals surface area contributed by atoms with Gasteiger partial charge in [-0.3, -0.25) is 4.79 Å². The van der Waals surface area contributed by atoms with Crippen LogP contribution in [0.1, 0.15) is 12.5 Å². The Labute approximate surface area is 116 Å². The van der Waals surface area contributed by atoms with Crippen LogP contribution < -0.4 is 5.32 Å². The van der Waals surface area contributed by atoms with E-state index < -0.39 is 0 Å². The fraction of sp³-hybridized carbons (Fsp3) is 0.308. The van der Waals surface area contributed by atoms with E-state index in [9.17, 15) is 4.79 Å². The molecule has 0 saturated carbocycles. The summed E-state index contributed by atoms with van der Waals surface area (Å²) in [5.74, 6) is -0.211. The molecule has 0 aliphatic heterocycles. The highest BCUT2D eigenvalue weighted by Crippen LogP contribution is 2.25. The van der Waals surface area contributed by atoms with Gasteiger partial charge in [0.25, 0.3) is 0 Å². The van der Waals surface area contributed by atoms with Crippen molar-refractivity contribution in [2.75, 3.05) is 13.2 Å². The van der Waals surface area contributed by atoms with E-state index in [1.54, 1.807) is 24.3 Å². The van der Waals surface area contributed by atoms with Crippen LogP contribution in [0.15, 0.2) is 24.3 Å². The average Bonchev–Trinajstić information content (AvgIpc) is 2.35. The van der Waals surface area contributed by atoms with Crippen molar-refractivity contribution in [3.05, 3.63) is 39.9 Å². The lowest BCUT2D eigenvalue weighted by Gasteiger charge is -2.07. The van der Waals surface area contributed by atoms with E-state index in [0.29, 0.717) is 22.2 Å². The molecule has 0 heterocycles. The summed E-state index contributed by atoms with van der Waals surface area (Å²) in [6, 6.07) is 5.16. The van der Waals surface area contributed by atoms with E-state index in [4.69, 9.17) is 28.3 Å². The van der Waals surface area contributed by atoms with Gasteiger partial charge in [0, 0.05) is 34.8 Å². The molecule has 0 bridgehead atoms. The zero-order chi connectivity index (χ0) is 13.5. The van der Waals surface area contributed by atoms with Crippen molar-refractivity contribution in [2.45, 2.75) is 6.92 Å². The van der Waals surface area contributed by atoms with Crippen LogP contribution >= 0.6 is 23.2 Å². The Bertz CT molecular complexity index is 426. The van der Waals surface area contributed by atoms with Crippen molar-refractivity contribution in [3.8, 4) is 0 Å². The Balaban J connectivity index is 2.61. The van der Waals surface area contributed by atoms with Gasteiger partial charge < -0.3 is 10.4 Å². The number of carbonyl (C=O) groups is 1. The third-order valence-corrected chi connectivity index (χ3v) is 3.00. The molecule has 1 unspecified atom stereocenters. The molecule has 1 aromatic rings. The SMILES string of the molecule is CC(CO)CNC(=O)/C=C/c1c(Cl)cccc1Cl. The maximum atomic E-state index is 11.5. The summed E-state index contributed by atoms with van der Waals surface area (Å²) in [7, 11) is 0. The Morgan fingerprint density at radius 1 is 1.44 bits per heavy atom. The molecular formula is C13H15Cl2NO2. The Morgan fingerprint density at radius 2 is 2.06 bits per heavy atom. The van der Waals surface area contributed by atoms with Crippen molar-refractivity contribution in [1.29, 1.82) is 0 Å². The summed E-state index contributed by atoms with van der Waals surface area (Å²) in [4.78, 5) is 11.5. The predicted molar refractivity (Wildman–Crippen MR) is 74.8 cm³/mol. The Kier molecular flexibility index (Phi) is 6.19. The zero-order valence-electron chi connectivity index (χ0n) is 9.99. The summed E-state index contributed by atoms with van der Waals surface area (Å²) in [6.45, 7) is 2.31. The molecule has 1 atom stereocenters. The molecule has 18 heavy (non-hydrogen) atoms. The Hall–Kier alpha value is -1.03. The van der Waals surface area contributed by atoms with Crippen LogP contribution in [-0.4, -0.2) is 24.2 Å². The van der Waals surface area contributed by atoms with Crippen LogP contribution in [0.2, 0.25) is 10.0 Å². The first-order valence-electron chi connectivity index (χ1n) is 5.55. The summed E-state index contributed by atoms with van der Waals surface area (Å²) in [5, 5.41) is 12.5. The first-order valence-corrected chi connectivity index (χ1v) is 6.31. The van der Waals surface area contributed by atoms with Crippen molar-refractivity contribution in [2.24, 2.45) is 5.92 Å². The number of rotatable bonds is 5. The zero-order valence-corrected chi connectivity index (χ0v) is 11.5. The minimum atomic E-state index is -0.244. The minimum absolute atomic E-state index is 0.0336. The van der Waals surface area contributed by atoms with Gasteiger partial charge in [0.05, 0.1) is 0 Å². The number of nitrogens with one attached hydrogen (secondary N) is 1. The molecule has 0 radical (unpaired) electrons. The summed E-state index contributed by atoms with van der Waals surface area (Å²) >= 11 is 11.9. The van der Waals surface area contributed by atoms with Gasteiger partial charge in [0.1, 0.15) is 0 Å². The number of aliphatic hydroxyl groups is 1. The molecule has 0 aliphatic carbocycles. The van der Waals surface area contributed by atoms with Crippen LogP contribution in [0, 0.1) is 5.92 Å². The molecule has 1 amide bonds. The van der Waals surface area contributed by atoms with Gasteiger partial charge in [-0.25, -0.2) is 0 Å². The molecule has 2 N–H and O–H groups in total. The fourth-order valence-electron chi connectivity index (χ4n) is 1.23. The molecule has 3 nitrogen and oxygen atoms in total. The number of halogens is 2. The van der Waals surface area contributed by atoms with Crippen LogP contribution in [0.25, 0.3) is 6.08 Å². The first kappa shape index (κ1) is 15.0. The highest BCUT2D eigenvalue weighted by atomic mass is 35.5. The van der Waals surface area contributed by atoms with Crippen molar-refractivity contribution < 1.29 is 9.90 Å². The molecule has 0 fully saturated rings. The lowest BCUT2D eigenvalue weighted by Crippen LogP contribution is -2.27. The van der Waals surface area contributed by atoms with Crippen LogP contribution in [0.3, 0.4) is 0 Å². The van der Waals surface area contributed by atoms with Crippen LogP contribution in [0.5, 0.6) is 0 Å². The van der Waals surface area contributed by atoms with E-state index in [-0.39, 0.29) is 18.4 Å². The number of amides is 1. The molecule has 0 aliphatic rings. The second-order valence-electron chi connectivity index (χ2n) is 4.00. The van der Waals surface area contributed by atoms with Gasteiger partial charge in [0.2, 0.25) is 5.91 Å². The van der Waals surface area contributed by atoms with Gasteiger partial charge in [-0.2, -0.15) is 0 Å². The van der Waals surface area contributed by atoms with Gasteiger partial charge in [-0.15, -0.1) is 0 Å². The third kappa shape index (κ3) is 4.69. The van der Waals surface area contributed by atoms with Gasteiger partial charge >= 0.3 is 0 Å². The van der Waals surface area contributed by atoms with E-state index >= 15 is 0 Å². The van der Waals surface area contributed by atoms with E-state index in [1.165, 1.54) is 6.08 Å². The molecule has 0 spiro atoms. The number of hydrogen-bond donors (Lipinski definition) is 2. The number of aliphatic hydroxyl groups excluding tert-OH is 1. The molecule has 5 heteroatoms. The van der Waals surface area contributed by atoms with Crippen LogP contribution in [0.4, 0.5) is 0 Å². The largest absolute Gasteiger partial charge is 0.396 e. The monoisotopic (exact) mass is 287 g/mol. The van der Waals surface area contributed by atoms with E-state index in [0.717, 1.165) is 0 Å². The van der Waals surface area contributed by atoms with Gasteiger partial charge in [0.15, 0.2) is 0 Å². The van der Waals surface area contributed by atoms with Gasteiger partial charge in [-0.05, 0) is 24.1 Å². The number of hydrogen-bond acceptors (Lipinski definition) is 2. The standard InChI is InChI=1S/C13H15Cl2NO2/c1-9(8-17)7-16-13(18)6-5-10-11(14)3-2-4-12(10)15/h2-6,9,17H,7-8H2,1H3,(H,16,18)/b6-5+. The molecular weight excluding hydrogens is 273 g/mol. The quantitative estimate of drug-likeness (QED) is 0.818. The van der Waals surface area contributed by atoms with E-state index in [2.05, 4.69) is 5.32 Å². The second-order valence-corrected chi connectivity index (χ2v) is 4.82. The smallest absolute Gasteiger partial charge is 0.244 e. The maximum absolute atomic E-state index is 11.5. The predicted octanol–water partition coefficient (Wildman–Crippen LogP) is 2.75. The van der Waals surface area contributed by atoms with Gasteiger partial charge in [-0.1, -0.05) is 36.2 Å². The van der Waals surface area contributed by atoms with Crippen molar-refractivity contribution in [3.63, 3.8) is 0 Å². The van der Waals surface area contributed by atoms with Crippen molar-refractivity contribution in [1.82, 2.24) is 5.32 Å². The third-order valence-electron chi connectivity index (χ3n) is 2.34. The Morgan fingerprint density at radius 3 is 2.61 bits per heavy atom. The van der Waals surface area contributed by atoms with E-state index in [1.807, 2.05) is 6.92 Å². The lowest BCUT2D eigenvalue weighted by molar-refractivity contribution is -0.116.